The lowest BCUT2D eigenvalue weighted by atomic mass is 10.0. The number of hydrogen-bond acceptors (Lipinski definition) is 17. The molecule has 4 aromatic rings. The number of pyridine rings is 1. The number of ether oxygens (including phenoxy) is 5. The van der Waals surface area contributed by atoms with Crippen LogP contribution in [-0.4, -0.2) is 187 Å². The summed E-state index contributed by atoms with van der Waals surface area (Å²) in [5.74, 6) is -1.41. The summed E-state index contributed by atoms with van der Waals surface area (Å²) < 4.78 is 66.8. The van der Waals surface area contributed by atoms with Crippen LogP contribution in [0.1, 0.15) is 77.0 Å². The smallest absolute Gasteiger partial charge is 0.288 e. The van der Waals surface area contributed by atoms with Crippen molar-refractivity contribution in [3.8, 4) is 11.5 Å². The highest BCUT2D eigenvalue weighted by Crippen LogP contribution is 2.39. The van der Waals surface area contributed by atoms with Gasteiger partial charge in [0.15, 0.2) is 18.0 Å². The first-order valence-corrected chi connectivity index (χ1v) is 25.2. The number of hydrogen-bond donors (Lipinski definition) is 3. The van der Waals surface area contributed by atoms with E-state index < -0.39 is 53.7 Å². The fourth-order valence-electron chi connectivity index (χ4n) is 9.87. The zero-order chi connectivity index (χ0) is 52.8. The Morgan fingerprint density at radius 1 is 0.813 bits per heavy atom. The van der Waals surface area contributed by atoms with Gasteiger partial charge in [0.05, 0.1) is 86.1 Å². The summed E-state index contributed by atoms with van der Waals surface area (Å²) in [5, 5.41) is 16.2. The Hall–Kier alpha value is -6.79. The number of nitrogens with zero attached hydrogens (tertiary/aromatic N) is 8. The summed E-state index contributed by atoms with van der Waals surface area (Å²) in [4.78, 5) is 76.9. The number of nitrogens with one attached hydrogen (secondary N) is 2. The molecule has 6 aliphatic rings. The van der Waals surface area contributed by atoms with Crippen LogP contribution in [-0.2, 0) is 41.6 Å². The molecule has 0 spiro atoms. The van der Waals surface area contributed by atoms with Gasteiger partial charge in [-0.2, -0.15) is 0 Å². The summed E-state index contributed by atoms with van der Waals surface area (Å²) in [6, 6.07) is 9.11. The predicted molar refractivity (Wildman–Crippen MR) is 269 cm³/mol. The average molecular weight is 1040 g/mol. The molecule has 0 radical (unpaired) electrons. The molecule has 6 aliphatic heterocycles. The monoisotopic (exact) mass is 1040 g/mol. The molecule has 75 heavy (non-hydrogen) atoms. The van der Waals surface area contributed by atoms with Crippen LogP contribution in [0.3, 0.4) is 0 Å². The lowest BCUT2D eigenvalue weighted by Crippen LogP contribution is -2.57. The molecule has 10 rings (SSSR count). The van der Waals surface area contributed by atoms with Crippen molar-refractivity contribution in [3.63, 3.8) is 0 Å². The standard InChI is InChI=1S/C52H62F2N10O11/c1-30-49(72-19-14-64(30)50-59-39(29-74-50)45(66)57-37-20-32-24-62(26-42(53)51(2,3)69)47(67)34(32)22-41(37)61-12-17-71-18-13-61)75-52(4,5)43(54)27-63-25-33-21-36(40(23-35(33)48(63)68)60-10-15-70-16-11-60)56-44(65)38-28-73-46(58-38)31-6-8-55-9-7-31/h6-9,20-23,28,30,39,42-43,49,69H,10-19,24-27,29H2,1-5H3,(H,56,65)(H,57,66)/t30-,39?,42+,43+,49?/m0/s1. The third kappa shape index (κ3) is 10.9. The molecule has 0 aliphatic carbocycles. The highest BCUT2D eigenvalue weighted by molar-refractivity contribution is 6.07. The minimum Gasteiger partial charge on any atom is -0.462 e. The summed E-state index contributed by atoms with van der Waals surface area (Å²) in [7, 11) is 0. The van der Waals surface area contributed by atoms with Crippen LogP contribution in [0.15, 0.2) is 64.5 Å². The molecule has 3 saturated heterocycles. The van der Waals surface area contributed by atoms with E-state index in [0.29, 0.717) is 110 Å². The number of carbonyl (C=O) groups is 4. The number of rotatable bonds is 15. The van der Waals surface area contributed by atoms with E-state index in [0.717, 1.165) is 0 Å². The first kappa shape index (κ1) is 51.7. The second-order valence-corrected chi connectivity index (χ2v) is 20.6. The van der Waals surface area contributed by atoms with Gasteiger partial charge in [-0.05, 0) is 82.1 Å². The third-order valence-corrected chi connectivity index (χ3v) is 14.5. The van der Waals surface area contributed by atoms with E-state index in [9.17, 15) is 28.7 Å². The van der Waals surface area contributed by atoms with E-state index in [2.05, 4.69) is 25.6 Å². The number of carbonyl (C=O) groups excluding carboxylic acids is 4. The Bertz CT molecular complexity index is 2830. The van der Waals surface area contributed by atoms with E-state index >= 15 is 4.39 Å². The van der Waals surface area contributed by atoms with Crippen LogP contribution in [0.25, 0.3) is 11.5 Å². The van der Waals surface area contributed by atoms with Crippen molar-refractivity contribution < 1.29 is 61.2 Å². The molecule has 2 unspecified atom stereocenters. The number of fused-ring (bicyclic) bond motifs is 2. The molecule has 23 heteroatoms. The van der Waals surface area contributed by atoms with Crippen molar-refractivity contribution in [1.82, 2.24) is 24.7 Å². The van der Waals surface area contributed by atoms with Crippen LogP contribution in [0.4, 0.5) is 31.5 Å². The molecule has 8 heterocycles. The number of oxazole rings is 1. The second-order valence-electron chi connectivity index (χ2n) is 20.6. The van der Waals surface area contributed by atoms with E-state index in [1.165, 1.54) is 29.9 Å². The van der Waals surface area contributed by atoms with Gasteiger partial charge in [-0.25, -0.2) is 18.8 Å². The van der Waals surface area contributed by atoms with E-state index in [4.69, 9.17) is 28.1 Å². The molecular formula is C52H62F2N10O11. The van der Waals surface area contributed by atoms with Gasteiger partial charge in [-0.1, -0.05) is 0 Å². The zero-order valence-electron chi connectivity index (χ0n) is 42.6. The lowest BCUT2D eigenvalue weighted by Gasteiger charge is -2.43. The minimum atomic E-state index is -1.68. The highest BCUT2D eigenvalue weighted by atomic mass is 19.1. The van der Waals surface area contributed by atoms with Crippen LogP contribution in [0, 0.1) is 0 Å². The van der Waals surface area contributed by atoms with Crippen LogP contribution < -0.4 is 20.4 Å². The van der Waals surface area contributed by atoms with Gasteiger partial charge >= 0.3 is 0 Å². The number of aliphatic imine (C=N–C) groups is 1. The average Bonchev–Trinajstić information content (AvgIpc) is 4.23. The van der Waals surface area contributed by atoms with Gasteiger partial charge < -0.3 is 68.3 Å². The number of aromatic nitrogens is 2. The summed E-state index contributed by atoms with van der Waals surface area (Å²) in [6.45, 7) is 11.7. The molecule has 21 nitrogen and oxygen atoms in total. The molecule has 2 aromatic heterocycles. The fourth-order valence-corrected chi connectivity index (χ4v) is 9.87. The van der Waals surface area contributed by atoms with Crippen LogP contribution >= 0.6 is 0 Å². The second kappa shape index (κ2) is 21.1. The Labute approximate surface area is 432 Å². The van der Waals surface area contributed by atoms with Gasteiger partial charge in [0.25, 0.3) is 29.7 Å². The van der Waals surface area contributed by atoms with Gasteiger partial charge in [-0.15, -0.1) is 0 Å². The molecular weight excluding hydrogens is 979 g/mol. The number of amidine groups is 1. The number of alkyl halides is 2. The Balaban J connectivity index is 0.783. The maximum Gasteiger partial charge on any atom is 0.288 e. The molecule has 400 valence electrons. The Kier molecular flexibility index (Phi) is 14.5. The number of halogens is 2. The van der Waals surface area contributed by atoms with Crippen molar-refractivity contribution in [2.75, 3.05) is 106 Å². The molecule has 3 N–H and O–H groups in total. The molecule has 5 atom stereocenters. The highest BCUT2D eigenvalue weighted by Gasteiger charge is 2.44. The predicted octanol–water partition coefficient (Wildman–Crippen LogP) is 4.26. The van der Waals surface area contributed by atoms with Crippen molar-refractivity contribution in [1.29, 1.82) is 0 Å². The number of anilines is 4. The molecule has 0 bridgehead atoms. The summed E-state index contributed by atoms with van der Waals surface area (Å²) in [6.07, 6.45) is 0.178. The van der Waals surface area contributed by atoms with Crippen molar-refractivity contribution in [2.24, 2.45) is 4.99 Å². The molecule has 3 fully saturated rings. The number of aliphatic hydroxyl groups is 1. The maximum atomic E-state index is 16.7. The Morgan fingerprint density at radius 3 is 1.97 bits per heavy atom. The van der Waals surface area contributed by atoms with Gasteiger partial charge in [0, 0.05) is 74.9 Å². The van der Waals surface area contributed by atoms with Gasteiger partial charge in [-0.3, -0.25) is 24.2 Å². The number of amides is 4. The van der Waals surface area contributed by atoms with Crippen LogP contribution in [0.2, 0.25) is 0 Å². The van der Waals surface area contributed by atoms with Crippen molar-refractivity contribution in [3.05, 3.63) is 83.0 Å². The van der Waals surface area contributed by atoms with E-state index in [-0.39, 0.29) is 68.8 Å². The quantitative estimate of drug-likeness (QED) is 0.151. The normalized spacial score (nSPS) is 21.9. The van der Waals surface area contributed by atoms with E-state index in [1.807, 2.05) is 21.6 Å². The summed E-state index contributed by atoms with van der Waals surface area (Å²) in [5.41, 5.74) is 1.81. The first-order chi connectivity index (χ1) is 35.9. The maximum absolute atomic E-state index is 16.7. The van der Waals surface area contributed by atoms with Gasteiger partial charge in [0.2, 0.25) is 5.89 Å². The van der Waals surface area contributed by atoms with Crippen LogP contribution in [0.5, 0.6) is 0 Å². The molecule has 0 saturated carbocycles. The minimum absolute atomic E-state index is 0.0583. The van der Waals surface area contributed by atoms with Crippen molar-refractivity contribution in [2.45, 2.75) is 89.6 Å². The first-order valence-electron chi connectivity index (χ1n) is 25.2. The molecule has 4 amide bonds. The molecule has 2 aromatic carbocycles. The summed E-state index contributed by atoms with van der Waals surface area (Å²) >= 11 is 0. The zero-order valence-corrected chi connectivity index (χ0v) is 42.6. The SMILES string of the molecule is C[C@H]1C(OC(C)(C)[C@H](F)CN2Cc3cc(NC(=O)c4coc(-c5ccncc5)n4)c(N4CCOCC4)cc3C2=O)OCCN1C1=NC(C(=O)Nc2cc3c(cc2N2CCOCC2)C(=O)N(C[C@@H](F)C(C)(C)O)C3)CO1. The third-order valence-electron chi connectivity index (χ3n) is 14.5. The lowest BCUT2D eigenvalue weighted by molar-refractivity contribution is -0.253. The fraction of sp³-hybridized carbons (Fsp3) is 0.519. The number of benzene rings is 2. The van der Waals surface area contributed by atoms with E-state index in [1.54, 1.807) is 62.6 Å². The van der Waals surface area contributed by atoms with Crippen molar-refractivity contribution >= 4 is 52.4 Å². The number of morpholine rings is 3. The van der Waals surface area contributed by atoms with Gasteiger partial charge in [0.1, 0.15) is 25.2 Å². The Morgan fingerprint density at radius 2 is 1.39 bits per heavy atom. The topological polar surface area (TPSA) is 226 Å². The largest absolute Gasteiger partial charge is 0.462 e.